The first-order chi connectivity index (χ1) is 11.2. The zero-order chi connectivity index (χ0) is 16.5. The Hall–Kier alpha value is -1.74. The Bertz CT molecular complexity index is 577. The van der Waals surface area contributed by atoms with E-state index in [1.807, 2.05) is 19.1 Å². The number of ether oxygens (including phenoxy) is 2. The molecule has 1 aliphatic heterocycles. The summed E-state index contributed by atoms with van der Waals surface area (Å²) in [4.78, 5) is 13.8. The fourth-order valence-electron chi connectivity index (χ4n) is 2.10. The highest BCUT2D eigenvalue weighted by atomic mass is 35.5. The summed E-state index contributed by atoms with van der Waals surface area (Å²) in [6, 6.07) is 7.24. The molecule has 0 aromatic heterocycles. The van der Waals surface area contributed by atoms with Crippen LogP contribution in [0.5, 0.6) is 0 Å². The van der Waals surface area contributed by atoms with Gasteiger partial charge in [0.2, 0.25) is 0 Å². The SMILES string of the molecule is CCOCC(C#Cc1cccc(Cl)c1)OC(=O)N1CCNCC1. The van der Waals surface area contributed by atoms with E-state index < -0.39 is 6.10 Å². The van der Waals surface area contributed by atoms with Crippen LogP contribution in [0.1, 0.15) is 12.5 Å². The van der Waals surface area contributed by atoms with Gasteiger partial charge >= 0.3 is 6.09 Å². The lowest BCUT2D eigenvalue weighted by molar-refractivity contribution is 0.0307. The van der Waals surface area contributed by atoms with E-state index in [4.69, 9.17) is 21.1 Å². The van der Waals surface area contributed by atoms with Gasteiger partial charge in [0.25, 0.3) is 0 Å². The number of piperazine rings is 1. The third-order valence-electron chi connectivity index (χ3n) is 3.29. The Morgan fingerprint density at radius 1 is 1.43 bits per heavy atom. The molecule has 0 bridgehead atoms. The molecule has 124 valence electrons. The maximum Gasteiger partial charge on any atom is 0.411 e. The molecule has 1 saturated heterocycles. The molecular weight excluding hydrogens is 316 g/mol. The van der Waals surface area contributed by atoms with E-state index in [9.17, 15) is 4.79 Å². The maximum atomic E-state index is 12.2. The molecule has 1 N–H and O–H groups in total. The van der Waals surface area contributed by atoms with Gasteiger partial charge in [0, 0.05) is 43.4 Å². The van der Waals surface area contributed by atoms with Gasteiger partial charge < -0.3 is 19.7 Å². The lowest BCUT2D eigenvalue weighted by Gasteiger charge is -2.27. The molecule has 1 atom stereocenters. The molecule has 23 heavy (non-hydrogen) atoms. The Labute approximate surface area is 141 Å². The van der Waals surface area contributed by atoms with Crippen LogP contribution in [0.25, 0.3) is 0 Å². The Morgan fingerprint density at radius 2 is 2.22 bits per heavy atom. The summed E-state index contributed by atoms with van der Waals surface area (Å²) in [5, 5.41) is 3.82. The number of nitrogens with one attached hydrogen (secondary N) is 1. The van der Waals surface area contributed by atoms with E-state index >= 15 is 0 Å². The number of hydrogen-bond donors (Lipinski definition) is 1. The molecule has 1 aromatic carbocycles. The quantitative estimate of drug-likeness (QED) is 0.856. The summed E-state index contributed by atoms with van der Waals surface area (Å²) in [5.74, 6) is 5.93. The molecule has 1 aliphatic rings. The minimum absolute atomic E-state index is 0.252. The van der Waals surface area contributed by atoms with E-state index in [1.165, 1.54) is 0 Å². The van der Waals surface area contributed by atoms with Crippen LogP contribution in [0, 0.1) is 11.8 Å². The average Bonchev–Trinajstić information content (AvgIpc) is 2.58. The molecular formula is C17H21ClN2O3. The predicted molar refractivity (Wildman–Crippen MR) is 89.5 cm³/mol. The number of carbonyl (C=O) groups is 1. The van der Waals surface area contributed by atoms with Crippen molar-refractivity contribution in [2.75, 3.05) is 39.4 Å². The van der Waals surface area contributed by atoms with Gasteiger partial charge in [0.1, 0.15) is 0 Å². The van der Waals surface area contributed by atoms with Crippen LogP contribution >= 0.6 is 11.6 Å². The van der Waals surface area contributed by atoms with Crippen LogP contribution in [-0.2, 0) is 9.47 Å². The Morgan fingerprint density at radius 3 is 2.91 bits per heavy atom. The highest BCUT2D eigenvalue weighted by Gasteiger charge is 2.20. The summed E-state index contributed by atoms with van der Waals surface area (Å²) >= 11 is 5.94. The van der Waals surface area contributed by atoms with E-state index in [0.717, 1.165) is 18.7 Å². The molecule has 6 heteroatoms. The lowest BCUT2D eigenvalue weighted by atomic mass is 10.2. The summed E-state index contributed by atoms with van der Waals surface area (Å²) in [7, 11) is 0. The maximum absolute atomic E-state index is 12.2. The number of halogens is 1. The van der Waals surface area contributed by atoms with Crippen molar-refractivity contribution in [1.82, 2.24) is 10.2 Å². The van der Waals surface area contributed by atoms with Gasteiger partial charge in [-0.25, -0.2) is 4.79 Å². The van der Waals surface area contributed by atoms with Crippen LogP contribution < -0.4 is 5.32 Å². The van der Waals surface area contributed by atoms with Gasteiger partial charge in [-0.05, 0) is 25.1 Å². The first-order valence-corrected chi connectivity index (χ1v) is 8.08. The topological polar surface area (TPSA) is 50.8 Å². The molecule has 0 saturated carbocycles. The highest BCUT2D eigenvalue weighted by molar-refractivity contribution is 6.30. The number of nitrogens with zero attached hydrogens (tertiary/aromatic N) is 1. The zero-order valence-electron chi connectivity index (χ0n) is 13.2. The van der Waals surface area contributed by atoms with Gasteiger partial charge in [-0.3, -0.25) is 0 Å². The van der Waals surface area contributed by atoms with Crippen LogP contribution in [0.2, 0.25) is 5.02 Å². The molecule has 0 radical (unpaired) electrons. The lowest BCUT2D eigenvalue weighted by Crippen LogP contribution is -2.47. The standard InChI is InChI=1S/C17H21ClN2O3/c1-2-22-13-16(7-6-14-4-3-5-15(18)12-14)23-17(21)20-10-8-19-9-11-20/h3-5,12,16,19H,2,8-11,13H2,1H3. The monoisotopic (exact) mass is 336 g/mol. The van der Waals surface area contributed by atoms with E-state index in [1.54, 1.807) is 17.0 Å². The molecule has 2 rings (SSSR count). The zero-order valence-corrected chi connectivity index (χ0v) is 13.9. The van der Waals surface area contributed by atoms with Crippen molar-refractivity contribution in [3.8, 4) is 11.8 Å². The van der Waals surface area contributed by atoms with E-state index in [2.05, 4.69) is 17.2 Å². The number of rotatable bonds is 4. The predicted octanol–water partition coefficient (Wildman–Crippen LogP) is 2.14. The van der Waals surface area contributed by atoms with E-state index in [0.29, 0.717) is 24.7 Å². The molecule has 0 aliphatic carbocycles. The summed E-state index contributed by atoms with van der Waals surface area (Å²) in [6.45, 7) is 5.52. The Balaban J connectivity index is 2.00. The minimum Gasteiger partial charge on any atom is -0.430 e. The molecule has 1 fully saturated rings. The van der Waals surface area contributed by atoms with Crippen molar-refractivity contribution in [3.63, 3.8) is 0 Å². The number of hydrogen-bond acceptors (Lipinski definition) is 4. The van der Waals surface area contributed by atoms with Crippen LogP contribution in [0.15, 0.2) is 24.3 Å². The molecule has 1 aromatic rings. The van der Waals surface area contributed by atoms with Gasteiger partial charge in [-0.1, -0.05) is 29.5 Å². The summed E-state index contributed by atoms with van der Waals surface area (Å²) in [6.07, 6.45) is -0.951. The fourth-order valence-corrected chi connectivity index (χ4v) is 2.29. The van der Waals surface area contributed by atoms with Crippen molar-refractivity contribution in [2.45, 2.75) is 13.0 Å². The third kappa shape index (κ3) is 6.11. The molecule has 1 amide bonds. The molecule has 5 nitrogen and oxygen atoms in total. The van der Waals surface area contributed by atoms with Gasteiger partial charge in [0.05, 0.1) is 6.61 Å². The highest BCUT2D eigenvalue weighted by Crippen LogP contribution is 2.09. The van der Waals surface area contributed by atoms with Gasteiger partial charge in [0.15, 0.2) is 6.10 Å². The largest absolute Gasteiger partial charge is 0.430 e. The van der Waals surface area contributed by atoms with Crippen molar-refractivity contribution in [1.29, 1.82) is 0 Å². The molecule has 0 spiro atoms. The van der Waals surface area contributed by atoms with Crippen molar-refractivity contribution in [3.05, 3.63) is 34.9 Å². The first kappa shape index (κ1) is 17.6. The third-order valence-corrected chi connectivity index (χ3v) is 3.53. The second-order valence-corrected chi connectivity index (χ2v) is 5.49. The number of carbonyl (C=O) groups excluding carboxylic acids is 1. The molecule has 1 heterocycles. The van der Waals surface area contributed by atoms with Crippen molar-refractivity contribution in [2.24, 2.45) is 0 Å². The van der Waals surface area contributed by atoms with E-state index in [-0.39, 0.29) is 12.7 Å². The minimum atomic E-state index is -0.601. The smallest absolute Gasteiger partial charge is 0.411 e. The van der Waals surface area contributed by atoms with Crippen molar-refractivity contribution >= 4 is 17.7 Å². The van der Waals surface area contributed by atoms with Gasteiger partial charge in [-0.2, -0.15) is 0 Å². The van der Waals surface area contributed by atoms with Crippen LogP contribution in [0.3, 0.4) is 0 Å². The second-order valence-electron chi connectivity index (χ2n) is 5.05. The molecule has 1 unspecified atom stereocenters. The fraction of sp³-hybridized carbons (Fsp3) is 0.471. The normalized spacial score (nSPS) is 15.5. The first-order valence-electron chi connectivity index (χ1n) is 7.70. The van der Waals surface area contributed by atoms with Crippen molar-refractivity contribution < 1.29 is 14.3 Å². The second kappa shape index (κ2) is 9.41. The van der Waals surface area contributed by atoms with Crippen LogP contribution in [0.4, 0.5) is 4.79 Å². The summed E-state index contributed by atoms with van der Waals surface area (Å²) in [5.41, 5.74) is 0.775. The number of amides is 1. The van der Waals surface area contributed by atoms with Gasteiger partial charge in [-0.15, -0.1) is 0 Å². The average molecular weight is 337 g/mol. The Kier molecular flexibility index (Phi) is 7.21. The summed E-state index contributed by atoms with van der Waals surface area (Å²) < 4.78 is 10.8. The number of benzene rings is 1. The van der Waals surface area contributed by atoms with Crippen LogP contribution in [-0.4, -0.2) is 56.5 Å².